The molecule has 0 bridgehead atoms. The molecule has 0 aliphatic rings. The predicted octanol–water partition coefficient (Wildman–Crippen LogP) is 0.702. The standard InChI is InChI=1S/C11H12N4O2/c1-17-11(16)10-8-15(14-13-10)6-4-9-3-2-5-12-7-9/h2-3,5,7-8H,4,6H2,1H3. The van der Waals surface area contributed by atoms with Gasteiger partial charge < -0.3 is 4.74 Å². The fourth-order valence-corrected chi connectivity index (χ4v) is 1.40. The van der Waals surface area contributed by atoms with E-state index in [-0.39, 0.29) is 5.69 Å². The third kappa shape index (κ3) is 2.87. The second-order valence-corrected chi connectivity index (χ2v) is 3.47. The maximum Gasteiger partial charge on any atom is 0.360 e. The lowest BCUT2D eigenvalue weighted by Crippen LogP contribution is -2.03. The van der Waals surface area contributed by atoms with Crippen molar-refractivity contribution in [1.29, 1.82) is 0 Å². The van der Waals surface area contributed by atoms with Crippen LogP contribution < -0.4 is 0 Å². The van der Waals surface area contributed by atoms with Gasteiger partial charge in [0.15, 0.2) is 5.69 Å². The van der Waals surface area contributed by atoms with E-state index in [2.05, 4.69) is 20.0 Å². The number of hydrogen-bond acceptors (Lipinski definition) is 5. The number of aromatic nitrogens is 4. The third-order valence-corrected chi connectivity index (χ3v) is 2.29. The van der Waals surface area contributed by atoms with Gasteiger partial charge in [-0.3, -0.25) is 9.67 Å². The van der Waals surface area contributed by atoms with E-state index in [4.69, 9.17) is 0 Å². The number of carbonyl (C=O) groups is 1. The summed E-state index contributed by atoms with van der Waals surface area (Å²) in [5.74, 6) is -0.474. The number of nitrogens with zero attached hydrogens (tertiary/aromatic N) is 4. The Morgan fingerprint density at radius 2 is 2.41 bits per heavy atom. The van der Waals surface area contributed by atoms with Crippen LogP contribution in [0.3, 0.4) is 0 Å². The average molecular weight is 232 g/mol. The second-order valence-electron chi connectivity index (χ2n) is 3.47. The van der Waals surface area contributed by atoms with Gasteiger partial charge in [-0.1, -0.05) is 11.3 Å². The number of rotatable bonds is 4. The molecular formula is C11H12N4O2. The Kier molecular flexibility index (Phi) is 3.44. The molecule has 0 amide bonds. The summed E-state index contributed by atoms with van der Waals surface area (Å²) >= 11 is 0. The van der Waals surface area contributed by atoms with Crippen molar-refractivity contribution in [3.63, 3.8) is 0 Å². The van der Waals surface area contributed by atoms with Crippen molar-refractivity contribution < 1.29 is 9.53 Å². The number of carbonyl (C=O) groups excluding carboxylic acids is 1. The summed E-state index contributed by atoms with van der Waals surface area (Å²) in [5, 5.41) is 7.57. The van der Waals surface area contributed by atoms with Gasteiger partial charge in [-0.2, -0.15) is 0 Å². The van der Waals surface area contributed by atoms with Crippen molar-refractivity contribution in [3.8, 4) is 0 Å². The van der Waals surface area contributed by atoms with E-state index in [1.807, 2.05) is 12.1 Å². The summed E-state index contributed by atoms with van der Waals surface area (Å²) in [4.78, 5) is 15.2. The van der Waals surface area contributed by atoms with Crippen LogP contribution in [0.25, 0.3) is 0 Å². The molecule has 0 spiro atoms. The molecule has 0 aliphatic carbocycles. The van der Waals surface area contributed by atoms with E-state index in [9.17, 15) is 4.79 Å². The number of ether oxygens (including phenoxy) is 1. The zero-order chi connectivity index (χ0) is 12.1. The van der Waals surface area contributed by atoms with Crippen molar-refractivity contribution in [3.05, 3.63) is 42.0 Å². The Morgan fingerprint density at radius 3 is 3.12 bits per heavy atom. The van der Waals surface area contributed by atoms with Gasteiger partial charge in [0.25, 0.3) is 0 Å². The Bertz CT molecular complexity index is 495. The van der Waals surface area contributed by atoms with E-state index >= 15 is 0 Å². The largest absolute Gasteiger partial charge is 0.464 e. The van der Waals surface area contributed by atoms with Crippen LogP contribution in [0.4, 0.5) is 0 Å². The lowest BCUT2D eigenvalue weighted by Gasteiger charge is -1.99. The first-order valence-corrected chi connectivity index (χ1v) is 5.17. The van der Waals surface area contributed by atoms with Gasteiger partial charge in [-0.25, -0.2) is 4.79 Å². The molecule has 2 aromatic rings. The van der Waals surface area contributed by atoms with Crippen LogP contribution in [0.5, 0.6) is 0 Å². The Hall–Kier alpha value is -2.24. The van der Waals surface area contributed by atoms with E-state index in [1.54, 1.807) is 23.3 Å². The Labute approximate surface area is 98.2 Å². The molecule has 0 saturated carbocycles. The lowest BCUT2D eigenvalue weighted by atomic mass is 10.2. The van der Waals surface area contributed by atoms with Gasteiger partial charge in [0.05, 0.1) is 13.3 Å². The van der Waals surface area contributed by atoms with Crippen molar-refractivity contribution in [1.82, 2.24) is 20.0 Å². The first kappa shape index (κ1) is 11.3. The Morgan fingerprint density at radius 1 is 1.53 bits per heavy atom. The molecule has 6 nitrogen and oxygen atoms in total. The van der Waals surface area contributed by atoms with Gasteiger partial charge in [0.1, 0.15) is 0 Å². The first-order chi connectivity index (χ1) is 8.29. The van der Waals surface area contributed by atoms with Gasteiger partial charge in [-0.05, 0) is 18.1 Å². The zero-order valence-corrected chi connectivity index (χ0v) is 9.41. The highest BCUT2D eigenvalue weighted by molar-refractivity contribution is 5.86. The summed E-state index contributed by atoms with van der Waals surface area (Å²) in [7, 11) is 1.32. The average Bonchev–Trinajstić information content (AvgIpc) is 2.85. The highest BCUT2D eigenvalue weighted by Gasteiger charge is 2.10. The van der Waals surface area contributed by atoms with Crippen molar-refractivity contribution >= 4 is 5.97 Å². The second kappa shape index (κ2) is 5.20. The van der Waals surface area contributed by atoms with Gasteiger partial charge >= 0.3 is 5.97 Å². The summed E-state index contributed by atoms with van der Waals surface area (Å²) in [6.45, 7) is 0.648. The minimum Gasteiger partial charge on any atom is -0.464 e. The predicted molar refractivity (Wildman–Crippen MR) is 59.3 cm³/mol. The summed E-state index contributed by atoms with van der Waals surface area (Å²) in [5.41, 5.74) is 1.33. The molecular weight excluding hydrogens is 220 g/mol. The molecule has 88 valence electrons. The fraction of sp³-hybridized carbons (Fsp3) is 0.273. The van der Waals surface area contributed by atoms with E-state index < -0.39 is 5.97 Å². The molecule has 2 rings (SSSR count). The quantitative estimate of drug-likeness (QED) is 0.726. The van der Waals surface area contributed by atoms with Gasteiger partial charge in [0.2, 0.25) is 0 Å². The van der Waals surface area contributed by atoms with E-state index in [1.165, 1.54) is 7.11 Å². The monoisotopic (exact) mass is 232 g/mol. The topological polar surface area (TPSA) is 69.9 Å². The van der Waals surface area contributed by atoms with Crippen LogP contribution in [0.1, 0.15) is 16.1 Å². The molecule has 0 radical (unpaired) electrons. The van der Waals surface area contributed by atoms with Crippen molar-refractivity contribution in [2.24, 2.45) is 0 Å². The number of esters is 1. The first-order valence-electron chi connectivity index (χ1n) is 5.17. The zero-order valence-electron chi connectivity index (χ0n) is 9.41. The minimum atomic E-state index is -0.474. The SMILES string of the molecule is COC(=O)c1cn(CCc2cccnc2)nn1. The molecule has 6 heteroatoms. The normalized spacial score (nSPS) is 10.2. The van der Waals surface area contributed by atoms with Crippen LogP contribution in [0.15, 0.2) is 30.7 Å². The lowest BCUT2D eigenvalue weighted by molar-refractivity contribution is 0.0594. The molecule has 0 atom stereocenters. The number of aryl methyl sites for hydroxylation is 2. The van der Waals surface area contributed by atoms with E-state index in [0.717, 1.165) is 12.0 Å². The molecule has 17 heavy (non-hydrogen) atoms. The van der Waals surface area contributed by atoms with Gasteiger partial charge in [-0.15, -0.1) is 5.10 Å². The molecule has 0 aromatic carbocycles. The van der Waals surface area contributed by atoms with Gasteiger partial charge in [0, 0.05) is 18.9 Å². The summed E-state index contributed by atoms with van der Waals surface area (Å²) in [6.07, 6.45) is 5.90. The number of methoxy groups -OCH3 is 1. The smallest absolute Gasteiger partial charge is 0.360 e. The molecule has 2 heterocycles. The third-order valence-electron chi connectivity index (χ3n) is 2.29. The van der Waals surface area contributed by atoms with Crippen LogP contribution in [0, 0.1) is 0 Å². The minimum absolute atomic E-state index is 0.221. The van der Waals surface area contributed by atoms with Crippen LogP contribution in [-0.2, 0) is 17.7 Å². The van der Waals surface area contributed by atoms with Crippen LogP contribution in [-0.4, -0.2) is 33.1 Å². The van der Waals surface area contributed by atoms with Crippen LogP contribution >= 0.6 is 0 Å². The van der Waals surface area contributed by atoms with Crippen LogP contribution in [0.2, 0.25) is 0 Å². The molecule has 0 aliphatic heterocycles. The highest BCUT2D eigenvalue weighted by Crippen LogP contribution is 2.00. The summed E-state index contributed by atoms with van der Waals surface area (Å²) in [6, 6.07) is 3.88. The van der Waals surface area contributed by atoms with Crippen molar-refractivity contribution in [2.75, 3.05) is 7.11 Å². The maximum atomic E-state index is 11.2. The highest BCUT2D eigenvalue weighted by atomic mass is 16.5. The number of hydrogen-bond donors (Lipinski definition) is 0. The fourth-order valence-electron chi connectivity index (χ4n) is 1.40. The Balaban J connectivity index is 1.96. The van der Waals surface area contributed by atoms with Crippen molar-refractivity contribution in [2.45, 2.75) is 13.0 Å². The molecule has 0 fully saturated rings. The maximum absolute atomic E-state index is 11.2. The molecule has 0 saturated heterocycles. The molecule has 0 N–H and O–H groups in total. The van der Waals surface area contributed by atoms with E-state index in [0.29, 0.717) is 6.54 Å². The number of pyridine rings is 1. The summed E-state index contributed by atoms with van der Waals surface area (Å²) < 4.78 is 6.16. The molecule has 2 aromatic heterocycles. The molecule has 0 unspecified atom stereocenters.